The first kappa shape index (κ1) is 15.2. The van der Waals surface area contributed by atoms with Crippen LogP contribution in [0.1, 0.15) is 71.1 Å². The molecular weight excluding hydrogens is 228 g/mol. The maximum atomic E-state index is 10.8. The minimum absolute atomic E-state index is 0.145. The Hall–Kier alpha value is -0.860. The number of carbonyl (C=O) groups excluding carboxylic acids is 2. The third kappa shape index (κ3) is 6.77. The first-order valence-corrected chi connectivity index (χ1v) is 7.33. The molecule has 0 aliphatic heterocycles. The Morgan fingerprint density at radius 1 is 1.11 bits per heavy atom. The summed E-state index contributed by atoms with van der Waals surface area (Å²) in [6.07, 6.45) is 12.4. The molecule has 104 valence electrons. The highest BCUT2D eigenvalue weighted by molar-refractivity contribution is 5.66. The van der Waals surface area contributed by atoms with Crippen molar-refractivity contribution in [3.8, 4) is 0 Å². The zero-order chi connectivity index (χ0) is 13.2. The van der Waals surface area contributed by atoms with E-state index in [0.717, 1.165) is 31.5 Å². The number of ether oxygens (including phenoxy) is 1. The third-order valence-electron chi connectivity index (χ3n) is 3.81. The molecule has 0 atom stereocenters. The number of esters is 1. The number of rotatable bonds is 8. The highest BCUT2D eigenvalue weighted by Gasteiger charge is 2.22. The predicted molar refractivity (Wildman–Crippen MR) is 71.3 cm³/mol. The molecule has 0 amide bonds. The summed E-state index contributed by atoms with van der Waals surface area (Å²) >= 11 is 0. The van der Waals surface area contributed by atoms with Gasteiger partial charge in [0.1, 0.15) is 12.4 Å². The summed E-state index contributed by atoms with van der Waals surface area (Å²) in [7, 11) is 0. The highest BCUT2D eigenvalue weighted by atomic mass is 16.5. The minimum atomic E-state index is -0.145. The smallest absolute Gasteiger partial charge is 0.302 e. The lowest BCUT2D eigenvalue weighted by Crippen LogP contribution is -2.23. The Kier molecular flexibility index (Phi) is 7.70. The second kappa shape index (κ2) is 9.12. The summed E-state index contributed by atoms with van der Waals surface area (Å²) in [4.78, 5) is 21.0. The first-order chi connectivity index (χ1) is 8.72. The normalized spacial score (nSPS) is 23.6. The molecule has 0 aromatic rings. The van der Waals surface area contributed by atoms with Gasteiger partial charge in [-0.25, -0.2) is 0 Å². The number of aldehydes is 1. The van der Waals surface area contributed by atoms with E-state index in [1.54, 1.807) is 0 Å². The molecule has 0 saturated heterocycles. The maximum absolute atomic E-state index is 10.8. The molecule has 0 heterocycles. The van der Waals surface area contributed by atoms with E-state index >= 15 is 0 Å². The Morgan fingerprint density at radius 2 is 1.78 bits per heavy atom. The van der Waals surface area contributed by atoms with Gasteiger partial charge in [-0.05, 0) is 38.0 Å². The number of carbonyl (C=O) groups is 2. The lowest BCUT2D eigenvalue weighted by Gasteiger charge is -2.28. The molecule has 1 aliphatic carbocycles. The van der Waals surface area contributed by atoms with Crippen molar-refractivity contribution in [2.75, 3.05) is 0 Å². The van der Waals surface area contributed by atoms with Gasteiger partial charge < -0.3 is 9.53 Å². The number of unbranched alkanes of at least 4 members (excludes halogenated alkanes) is 4. The second-order valence-electron chi connectivity index (χ2n) is 5.41. The Labute approximate surface area is 110 Å². The Balaban J connectivity index is 1.98. The average Bonchev–Trinajstić information content (AvgIpc) is 2.35. The van der Waals surface area contributed by atoms with Crippen LogP contribution >= 0.6 is 0 Å². The van der Waals surface area contributed by atoms with Crippen LogP contribution in [0.3, 0.4) is 0 Å². The average molecular weight is 254 g/mol. The van der Waals surface area contributed by atoms with E-state index in [-0.39, 0.29) is 12.1 Å². The van der Waals surface area contributed by atoms with Crippen molar-refractivity contribution >= 4 is 12.3 Å². The van der Waals surface area contributed by atoms with E-state index in [9.17, 15) is 9.59 Å². The largest absolute Gasteiger partial charge is 0.463 e. The summed E-state index contributed by atoms with van der Waals surface area (Å²) in [6, 6.07) is 0. The molecule has 0 unspecified atom stereocenters. The van der Waals surface area contributed by atoms with Crippen LogP contribution in [0.25, 0.3) is 0 Å². The molecule has 0 bridgehead atoms. The quantitative estimate of drug-likeness (QED) is 0.377. The molecule has 0 aromatic heterocycles. The van der Waals surface area contributed by atoms with Gasteiger partial charge in [0.25, 0.3) is 0 Å². The SMILES string of the molecule is CC(=O)OC1CCC(CCCCCCC=O)CC1. The topological polar surface area (TPSA) is 43.4 Å². The van der Waals surface area contributed by atoms with Crippen molar-refractivity contribution in [1.29, 1.82) is 0 Å². The third-order valence-corrected chi connectivity index (χ3v) is 3.81. The van der Waals surface area contributed by atoms with Crippen molar-refractivity contribution in [1.82, 2.24) is 0 Å². The molecule has 0 N–H and O–H groups in total. The van der Waals surface area contributed by atoms with Crippen molar-refractivity contribution in [2.45, 2.75) is 77.2 Å². The van der Waals surface area contributed by atoms with E-state index in [1.807, 2.05) is 0 Å². The van der Waals surface area contributed by atoms with Crippen LogP contribution < -0.4 is 0 Å². The summed E-state index contributed by atoms with van der Waals surface area (Å²) in [5, 5.41) is 0. The van der Waals surface area contributed by atoms with E-state index in [4.69, 9.17) is 4.74 Å². The second-order valence-corrected chi connectivity index (χ2v) is 5.41. The van der Waals surface area contributed by atoms with Crippen molar-refractivity contribution in [2.24, 2.45) is 5.92 Å². The van der Waals surface area contributed by atoms with Crippen LogP contribution in [0.5, 0.6) is 0 Å². The monoisotopic (exact) mass is 254 g/mol. The van der Waals surface area contributed by atoms with Crippen molar-refractivity contribution in [3.63, 3.8) is 0 Å². The highest BCUT2D eigenvalue weighted by Crippen LogP contribution is 2.30. The van der Waals surface area contributed by atoms with Crippen molar-refractivity contribution in [3.05, 3.63) is 0 Å². The van der Waals surface area contributed by atoms with Gasteiger partial charge in [0.05, 0.1) is 0 Å². The minimum Gasteiger partial charge on any atom is -0.463 e. The fraction of sp³-hybridized carbons (Fsp3) is 0.867. The van der Waals surface area contributed by atoms with Gasteiger partial charge in [0.15, 0.2) is 0 Å². The first-order valence-electron chi connectivity index (χ1n) is 7.33. The molecule has 0 aromatic carbocycles. The van der Waals surface area contributed by atoms with Gasteiger partial charge in [0.2, 0.25) is 0 Å². The van der Waals surface area contributed by atoms with Gasteiger partial charge in [-0.3, -0.25) is 4.79 Å². The summed E-state index contributed by atoms with van der Waals surface area (Å²) in [5.74, 6) is 0.677. The number of hydrogen-bond acceptors (Lipinski definition) is 3. The molecule has 3 nitrogen and oxygen atoms in total. The van der Waals surface area contributed by atoms with E-state index < -0.39 is 0 Å². The van der Waals surface area contributed by atoms with E-state index in [0.29, 0.717) is 6.42 Å². The maximum Gasteiger partial charge on any atom is 0.302 e. The van der Waals surface area contributed by atoms with Gasteiger partial charge in [0, 0.05) is 13.3 Å². The Bertz CT molecular complexity index is 242. The van der Waals surface area contributed by atoms with Gasteiger partial charge in [-0.15, -0.1) is 0 Å². The van der Waals surface area contributed by atoms with Crippen LogP contribution in [0, 0.1) is 5.92 Å². The number of hydrogen-bond donors (Lipinski definition) is 0. The molecule has 0 spiro atoms. The molecule has 0 radical (unpaired) electrons. The molecule has 1 fully saturated rings. The fourth-order valence-corrected chi connectivity index (χ4v) is 2.79. The van der Waals surface area contributed by atoms with Crippen LogP contribution in [0.15, 0.2) is 0 Å². The molecule has 1 aliphatic rings. The van der Waals surface area contributed by atoms with Crippen LogP contribution in [0.2, 0.25) is 0 Å². The summed E-state index contributed by atoms with van der Waals surface area (Å²) < 4.78 is 5.24. The van der Waals surface area contributed by atoms with Crippen LogP contribution in [0.4, 0.5) is 0 Å². The zero-order valence-corrected chi connectivity index (χ0v) is 11.5. The Morgan fingerprint density at radius 3 is 2.39 bits per heavy atom. The van der Waals surface area contributed by atoms with Crippen molar-refractivity contribution < 1.29 is 14.3 Å². The van der Waals surface area contributed by atoms with Crippen LogP contribution in [-0.4, -0.2) is 18.4 Å². The van der Waals surface area contributed by atoms with Gasteiger partial charge in [-0.1, -0.05) is 25.7 Å². The standard InChI is InChI=1S/C15H26O3/c1-13(17)18-15-10-8-14(9-11-15)7-5-3-2-4-6-12-16/h12,14-15H,2-11H2,1H3. The molecule has 18 heavy (non-hydrogen) atoms. The summed E-state index contributed by atoms with van der Waals surface area (Å²) in [6.45, 7) is 1.49. The lowest BCUT2D eigenvalue weighted by molar-refractivity contribution is -0.148. The zero-order valence-electron chi connectivity index (χ0n) is 11.5. The predicted octanol–water partition coefficient (Wildman–Crippen LogP) is 3.65. The fourth-order valence-electron chi connectivity index (χ4n) is 2.79. The molecule has 1 saturated carbocycles. The molecule has 3 heteroatoms. The lowest BCUT2D eigenvalue weighted by atomic mass is 9.84. The van der Waals surface area contributed by atoms with E-state index in [1.165, 1.54) is 45.4 Å². The molecular formula is C15H26O3. The summed E-state index contributed by atoms with van der Waals surface area (Å²) in [5.41, 5.74) is 0. The van der Waals surface area contributed by atoms with Crippen LogP contribution in [-0.2, 0) is 14.3 Å². The van der Waals surface area contributed by atoms with Gasteiger partial charge in [-0.2, -0.15) is 0 Å². The van der Waals surface area contributed by atoms with Gasteiger partial charge >= 0.3 is 5.97 Å². The molecule has 1 rings (SSSR count). The van der Waals surface area contributed by atoms with E-state index in [2.05, 4.69) is 0 Å².